The number of thiophene rings is 1. The molecule has 19 heavy (non-hydrogen) atoms. The predicted octanol–water partition coefficient (Wildman–Crippen LogP) is 3.96. The maximum Gasteiger partial charge on any atom is 0.268 e. The van der Waals surface area contributed by atoms with Crippen molar-refractivity contribution in [2.24, 2.45) is 5.92 Å². The largest absolute Gasteiger partial charge is 0.333 e. The van der Waals surface area contributed by atoms with E-state index in [2.05, 4.69) is 23.1 Å². The second-order valence-electron chi connectivity index (χ2n) is 5.19. The summed E-state index contributed by atoms with van der Waals surface area (Å²) in [5.74, 6) is 2.62. The van der Waals surface area contributed by atoms with Crippen LogP contribution in [0.3, 0.4) is 0 Å². The van der Waals surface area contributed by atoms with Gasteiger partial charge in [-0.2, -0.15) is 10.2 Å². The minimum atomic E-state index is 0.434. The van der Waals surface area contributed by atoms with E-state index < -0.39 is 0 Å². The Bertz CT molecular complexity index is 602. The minimum absolute atomic E-state index is 0.434. The van der Waals surface area contributed by atoms with Crippen molar-refractivity contribution in [3.05, 3.63) is 22.8 Å². The van der Waals surface area contributed by atoms with Crippen LogP contribution < -0.4 is 0 Å². The van der Waals surface area contributed by atoms with Crippen LogP contribution in [0.25, 0.3) is 10.8 Å². The first-order chi connectivity index (χ1) is 9.26. The Kier molecular flexibility index (Phi) is 3.34. The molecule has 1 aliphatic rings. The van der Waals surface area contributed by atoms with E-state index in [1.807, 2.05) is 6.07 Å². The standard InChI is InChI=1S/C14H15N3OS/c1-9-2-4-10(5-3-9)13-16-14(18-17-13)12-7-6-11(8-15)19-12/h6-7,9-10H,2-5H2,1H3. The predicted molar refractivity (Wildman–Crippen MR) is 72.7 cm³/mol. The first kappa shape index (κ1) is 12.4. The van der Waals surface area contributed by atoms with Crippen molar-refractivity contribution in [1.29, 1.82) is 5.26 Å². The number of rotatable bonds is 2. The van der Waals surface area contributed by atoms with Crippen molar-refractivity contribution in [3.8, 4) is 16.8 Å². The van der Waals surface area contributed by atoms with Crippen molar-refractivity contribution in [2.45, 2.75) is 38.5 Å². The molecule has 0 spiro atoms. The molecular weight excluding hydrogens is 258 g/mol. The summed E-state index contributed by atoms with van der Waals surface area (Å²) in [6.07, 6.45) is 4.78. The van der Waals surface area contributed by atoms with Crippen LogP contribution in [0.4, 0.5) is 0 Å². The smallest absolute Gasteiger partial charge is 0.268 e. The van der Waals surface area contributed by atoms with Crippen LogP contribution in [0, 0.1) is 17.2 Å². The van der Waals surface area contributed by atoms with Gasteiger partial charge < -0.3 is 4.52 Å². The Morgan fingerprint density at radius 3 is 2.79 bits per heavy atom. The third kappa shape index (κ3) is 2.54. The molecule has 0 N–H and O–H groups in total. The highest BCUT2D eigenvalue weighted by molar-refractivity contribution is 7.15. The quantitative estimate of drug-likeness (QED) is 0.830. The van der Waals surface area contributed by atoms with Gasteiger partial charge in [-0.15, -0.1) is 11.3 Å². The molecule has 0 aliphatic heterocycles. The lowest BCUT2D eigenvalue weighted by atomic mass is 9.83. The van der Waals surface area contributed by atoms with E-state index in [-0.39, 0.29) is 0 Å². The van der Waals surface area contributed by atoms with Crippen molar-refractivity contribution in [2.75, 3.05) is 0 Å². The summed E-state index contributed by atoms with van der Waals surface area (Å²) in [7, 11) is 0. The highest BCUT2D eigenvalue weighted by Crippen LogP contribution is 2.35. The molecule has 0 saturated heterocycles. The lowest BCUT2D eigenvalue weighted by Gasteiger charge is -2.23. The Balaban J connectivity index is 1.78. The van der Waals surface area contributed by atoms with Gasteiger partial charge in [0.25, 0.3) is 5.89 Å². The first-order valence-electron chi connectivity index (χ1n) is 6.60. The normalized spacial score (nSPS) is 23.2. The van der Waals surface area contributed by atoms with Gasteiger partial charge in [0.1, 0.15) is 10.9 Å². The molecule has 2 heterocycles. The SMILES string of the molecule is CC1CCC(c2noc(-c3ccc(C#N)s3)n2)CC1. The molecule has 0 radical (unpaired) electrons. The van der Waals surface area contributed by atoms with Gasteiger partial charge in [-0.3, -0.25) is 0 Å². The second kappa shape index (κ2) is 5.14. The number of nitrogens with zero attached hydrogens (tertiary/aromatic N) is 3. The van der Waals surface area contributed by atoms with Gasteiger partial charge in [0.05, 0.1) is 4.88 Å². The molecule has 3 rings (SSSR count). The van der Waals surface area contributed by atoms with Gasteiger partial charge in [0.2, 0.25) is 0 Å². The summed E-state index contributed by atoms with van der Waals surface area (Å²) in [4.78, 5) is 6.04. The fourth-order valence-corrected chi connectivity index (χ4v) is 3.26. The Labute approximate surface area is 116 Å². The van der Waals surface area contributed by atoms with E-state index in [1.54, 1.807) is 6.07 Å². The van der Waals surface area contributed by atoms with Crippen molar-refractivity contribution >= 4 is 11.3 Å². The molecule has 0 amide bonds. The molecule has 1 fully saturated rings. The number of nitriles is 1. The molecule has 2 aromatic rings. The average molecular weight is 273 g/mol. The monoisotopic (exact) mass is 273 g/mol. The van der Waals surface area contributed by atoms with E-state index >= 15 is 0 Å². The van der Waals surface area contributed by atoms with Gasteiger partial charge in [0, 0.05) is 5.92 Å². The molecule has 0 atom stereocenters. The van der Waals surface area contributed by atoms with Gasteiger partial charge in [-0.05, 0) is 30.9 Å². The van der Waals surface area contributed by atoms with Crippen LogP contribution in [0.5, 0.6) is 0 Å². The lowest BCUT2D eigenvalue weighted by molar-refractivity contribution is 0.329. The average Bonchev–Trinajstić information content (AvgIpc) is 3.08. The van der Waals surface area contributed by atoms with Crippen LogP contribution in [-0.2, 0) is 0 Å². The van der Waals surface area contributed by atoms with Crippen LogP contribution in [0.1, 0.15) is 49.2 Å². The lowest BCUT2D eigenvalue weighted by Crippen LogP contribution is -2.11. The Morgan fingerprint density at radius 1 is 1.32 bits per heavy atom. The van der Waals surface area contributed by atoms with Crippen LogP contribution in [0.2, 0.25) is 0 Å². The first-order valence-corrected chi connectivity index (χ1v) is 7.42. The zero-order valence-corrected chi connectivity index (χ0v) is 11.6. The summed E-state index contributed by atoms with van der Waals surface area (Å²) in [5.41, 5.74) is 0. The summed E-state index contributed by atoms with van der Waals surface area (Å²) < 4.78 is 5.33. The zero-order chi connectivity index (χ0) is 13.2. The summed E-state index contributed by atoms with van der Waals surface area (Å²) >= 11 is 1.39. The van der Waals surface area contributed by atoms with E-state index in [9.17, 15) is 0 Å². The molecule has 4 nitrogen and oxygen atoms in total. The third-order valence-electron chi connectivity index (χ3n) is 3.75. The second-order valence-corrected chi connectivity index (χ2v) is 6.27. The maximum atomic E-state index is 8.83. The molecular formula is C14H15N3OS. The molecule has 0 unspecified atom stereocenters. The van der Waals surface area contributed by atoms with E-state index in [0.717, 1.165) is 29.5 Å². The fourth-order valence-electron chi connectivity index (χ4n) is 2.53. The van der Waals surface area contributed by atoms with E-state index in [0.29, 0.717) is 16.7 Å². The van der Waals surface area contributed by atoms with E-state index in [4.69, 9.17) is 9.78 Å². The Morgan fingerprint density at radius 2 is 2.11 bits per heavy atom. The van der Waals surface area contributed by atoms with Gasteiger partial charge in [0.15, 0.2) is 5.82 Å². The molecule has 1 aliphatic carbocycles. The highest BCUT2D eigenvalue weighted by atomic mass is 32.1. The van der Waals surface area contributed by atoms with Crippen molar-refractivity contribution in [3.63, 3.8) is 0 Å². The van der Waals surface area contributed by atoms with Gasteiger partial charge in [-0.25, -0.2) is 0 Å². The highest BCUT2D eigenvalue weighted by Gasteiger charge is 2.24. The van der Waals surface area contributed by atoms with Crippen LogP contribution in [0.15, 0.2) is 16.7 Å². The van der Waals surface area contributed by atoms with Crippen LogP contribution >= 0.6 is 11.3 Å². The topological polar surface area (TPSA) is 62.7 Å². The zero-order valence-electron chi connectivity index (χ0n) is 10.8. The number of hydrogen-bond acceptors (Lipinski definition) is 5. The summed E-state index contributed by atoms with van der Waals surface area (Å²) in [5, 5.41) is 12.9. The molecule has 0 aromatic carbocycles. The molecule has 2 aromatic heterocycles. The number of hydrogen-bond donors (Lipinski definition) is 0. The fraction of sp³-hybridized carbons (Fsp3) is 0.500. The molecule has 0 bridgehead atoms. The van der Waals surface area contributed by atoms with Crippen molar-refractivity contribution in [1.82, 2.24) is 10.1 Å². The minimum Gasteiger partial charge on any atom is -0.333 e. The number of aromatic nitrogens is 2. The van der Waals surface area contributed by atoms with Crippen molar-refractivity contribution < 1.29 is 4.52 Å². The Hall–Kier alpha value is -1.67. The van der Waals surface area contributed by atoms with Crippen LogP contribution in [-0.4, -0.2) is 10.1 Å². The molecule has 1 saturated carbocycles. The van der Waals surface area contributed by atoms with E-state index in [1.165, 1.54) is 24.2 Å². The third-order valence-corrected chi connectivity index (χ3v) is 4.73. The maximum absolute atomic E-state index is 8.83. The van der Waals surface area contributed by atoms with Gasteiger partial charge >= 0.3 is 0 Å². The molecule has 98 valence electrons. The van der Waals surface area contributed by atoms with Gasteiger partial charge in [-0.1, -0.05) is 24.9 Å². The molecule has 5 heteroatoms. The summed E-state index contributed by atoms with van der Waals surface area (Å²) in [6, 6.07) is 5.77. The summed E-state index contributed by atoms with van der Waals surface area (Å²) in [6.45, 7) is 2.30.